The number of benzene rings is 8. The summed E-state index contributed by atoms with van der Waals surface area (Å²) in [4.78, 5) is 27.4. The molecule has 12 rings (SSSR count). The molecule has 0 amide bonds. The van der Waals surface area contributed by atoms with Crippen molar-refractivity contribution in [2.45, 2.75) is 27.7 Å². The summed E-state index contributed by atoms with van der Waals surface area (Å²) in [5.41, 5.74) is 16.3. The first-order chi connectivity index (χ1) is 35.0. The Morgan fingerprint density at radius 1 is 0.306 bits per heavy atom. The van der Waals surface area contributed by atoms with Gasteiger partial charge in [-0.2, -0.15) is 0 Å². The van der Waals surface area contributed by atoms with Gasteiger partial charge in [-0.25, -0.2) is 37.5 Å². The molecule has 0 spiro atoms. The van der Waals surface area contributed by atoms with Crippen molar-refractivity contribution in [1.29, 1.82) is 0 Å². The molecule has 8 aromatic carbocycles. The van der Waals surface area contributed by atoms with Gasteiger partial charge in [0.2, 0.25) is 0 Å². The van der Waals surface area contributed by atoms with Crippen LogP contribution in [0.5, 0.6) is 0 Å². The SMILES string of the molecule is Cc1ncsc1N(c1ccc(F)cc1)c1cc(N(c2ccc(F)cc2)c2scnc2C)c2ccc3c(N(c4ccc(F)cc4)c4scnc4C)cc(N(c4ccc(F)cc4)c4scnc4C)c4ccc1c2c43. The predicted octanol–water partition coefficient (Wildman–Crippen LogP) is 18.1. The highest BCUT2D eigenvalue weighted by molar-refractivity contribution is 7.15. The van der Waals surface area contributed by atoms with Gasteiger partial charge >= 0.3 is 0 Å². The highest BCUT2D eigenvalue weighted by Gasteiger charge is 2.31. The molecule has 0 N–H and O–H groups in total. The van der Waals surface area contributed by atoms with Crippen molar-refractivity contribution in [3.05, 3.63) is 202 Å². The molecule has 0 fully saturated rings. The van der Waals surface area contributed by atoms with E-state index in [1.807, 2.05) is 27.7 Å². The minimum atomic E-state index is -0.372. The van der Waals surface area contributed by atoms with Crippen molar-refractivity contribution in [1.82, 2.24) is 19.9 Å². The maximum absolute atomic E-state index is 14.9. The van der Waals surface area contributed by atoms with Gasteiger partial charge in [-0.15, -0.1) is 45.3 Å². The minimum absolute atomic E-state index is 0.372. The summed E-state index contributed by atoms with van der Waals surface area (Å²) in [5.74, 6) is -1.49. The van der Waals surface area contributed by atoms with Gasteiger partial charge in [-0.3, -0.25) is 19.6 Å². The molecule has 12 aromatic rings. The molecule has 0 aliphatic rings. The number of nitrogens with zero attached hydrogens (tertiary/aromatic N) is 8. The lowest BCUT2D eigenvalue weighted by Gasteiger charge is -2.33. The van der Waals surface area contributed by atoms with Gasteiger partial charge in [-0.1, -0.05) is 24.3 Å². The minimum Gasteiger partial charge on any atom is -0.300 e. The van der Waals surface area contributed by atoms with E-state index in [0.717, 1.165) is 97.8 Å². The van der Waals surface area contributed by atoms with Gasteiger partial charge in [-0.05, 0) is 137 Å². The lowest BCUT2D eigenvalue weighted by molar-refractivity contribution is 0.627. The van der Waals surface area contributed by atoms with E-state index in [9.17, 15) is 17.6 Å². The fraction of sp³-hybridized carbons (Fsp3) is 0.0714. The fourth-order valence-electron chi connectivity index (χ4n) is 9.52. The van der Waals surface area contributed by atoms with Crippen LogP contribution in [0.2, 0.25) is 0 Å². The van der Waals surface area contributed by atoms with Crippen LogP contribution >= 0.6 is 45.3 Å². The molecule has 0 radical (unpaired) electrons. The van der Waals surface area contributed by atoms with Crippen molar-refractivity contribution >= 4 is 143 Å². The maximum atomic E-state index is 14.9. The Labute approximate surface area is 427 Å². The molecule has 0 saturated carbocycles. The number of rotatable bonds is 12. The summed E-state index contributed by atoms with van der Waals surface area (Å²) >= 11 is 5.90. The largest absolute Gasteiger partial charge is 0.300 e. The van der Waals surface area contributed by atoms with E-state index < -0.39 is 0 Å². The van der Waals surface area contributed by atoms with Gasteiger partial charge in [0.25, 0.3) is 0 Å². The van der Waals surface area contributed by atoms with Gasteiger partial charge < -0.3 is 0 Å². The van der Waals surface area contributed by atoms with E-state index in [1.54, 1.807) is 70.6 Å². The molecule has 16 heteroatoms. The lowest BCUT2D eigenvalue weighted by Crippen LogP contribution is -2.16. The topological polar surface area (TPSA) is 64.5 Å². The Kier molecular flexibility index (Phi) is 11.4. The molecule has 0 unspecified atom stereocenters. The van der Waals surface area contributed by atoms with Crippen molar-refractivity contribution in [2.75, 3.05) is 19.6 Å². The van der Waals surface area contributed by atoms with Gasteiger partial charge in [0.1, 0.15) is 43.3 Å². The third-order valence-corrected chi connectivity index (χ3v) is 16.5. The van der Waals surface area contributed by atoms with Crippen LogP contribution in [0.4, 0.5) is 83.1 Å². The van der Waals surface area contributed by atoms with Crippen molar-refractivity contribution in [2.24, 2.45) is 0 Å². The molecule has 4 aromatic heterocycles. The Morgan fingerprint density at radius 2 is 0.514 bits per heavy atom. The third-order valence-electron chi connectivity index (χ3n) is 12.8. The summed E-state index contributed by atoms with van der Waals surface area (Å²) in [6.07, 6.45) is 0. The summed E-state index contributed by atoms with van der Waals surface area (Å²) < 4.78 is 59.6. The van der Waals surface area contributed by atoms with Gasteiger partial charge in [0.05, 0.1) is 67.6 Å². The van der Waals surface area contributed by atoms with E-state index in [0.29, 0.717) is 22.7 Å². The number of aryl methyl sites for hydroxylation is 4. The van der Waals surface area contributed by atoms with E-state index in [2.05, 4.69) is 56.0 Å². The molecule has 0 bridgehead atoms. The second-order valence-electron chi connectivity index (χ2n) is 17.1. The second kappa shape index (κ2) is 18.1. The first-order valence-corrected chi connectivity index (χ1v) is 26.2. The van der Waals surface area contributed by atoms with Crippen LogP contribution in [0.25, 0.3) is 32.3 Å². The molecule has 72 heavy (non-hydrogen) atoms. The molecule has 0 saturated heterocycles. The Morgan fingerprint density at radius 3 is 0.694 bits per heavy atom. The van der Waals surface area contributed by atoms with Crippen molar-refractivity contribution in [3.63, 3.8) is 0 Å². The standard InChI is InChI=1S/C56H38F4N8S4/c1-31-53(69-27-61-31)65(39-13-5-35(57)6-14-39)47-25-48(66(54-32(2)62-28-70-54)40-15-7-36(58)8-16-40)44-23-24-46-50(68(56-34(4)64-30-72-56)42-19-11-38(60)12-20-42)26-49(45-22-21-43(47)51(44)52(45)46)67(55-33(3)63-29-71-55)41-17-9-37(59)10-18-41/h5-30H,1-4H3. The van der Waals surface area contributed by atoms with E-state index >= 15 is 0 Å². The van der Waals surface area contributed by atoms with Crippen molar-refractivity contribution in [3.8, 4) is 0 Å². The Balaban J connectivity index is 1.29. The lowest BCUT2D eigenvalue weighted by atomic mass is 9.89. The number of thiazole rings is 4. The molecule has 354 valence electrons. The zero-order valence-corrected chi connectivity index (χ0v) is 42.0. The van der Waals surface area contributed by atoms with Crippen LogP contribution in [-0.4, -0.2) is 19.9 Å². The molecule has 0 aliphatic heterocycles. The average Bonchev–Trinajstić information content (AvgIpc) is 4.22. The van der Waals surface area contributed by atoms with E-state index in [1.165, 1.54) is 93.9 Å². The highest BCUT2D eigenvalue weighted by atomic mass is 32.1. The summed E-state index contributed by atoms with van der Waals surface area (Å²) in [6.45, 7) is 7.83. The van der Waals surface area contributed by atoms with Crippen molar-refractivity contribution < 1.29 is 17.6 Å². The number of hydrogen-bond acceptors (Lipinski definition) is 12. The normalized spacial score (nSPS) is 11.6. The van der Waals surface area contributed by atoms with Crippen LogP contribution in [0.15, 0.2) is 156 Å². The average molecular weight is 1030 g/mol. The maximum Gasteiger partial charge on any atom is 0.123 e. The molecule has 4 heterocycles. The quantitative estimate of drug-likeness (QED) is 0.0886. The smallest absolute Gasteiger partial charge is 0.123 e. The number of aromatic nitrogens is 4. The zero-order chi connectivity index (χ0) is 49.4. The molecule has 0 atom stereocenters. The van der Waals surface area contributed by atoms with Crippen LogP contribution in [0.3, 0.4) is 0 Å². The van der Waals surface area contributed by atoms with Gasteiger partial charge in [0.15, 0.2) is 0 Å². The summed E-state index contributed by atoms with van der Waals surface area (Å²) in [7, 11) is 0. The molecular weight excluding hydrogens is 989 g/mol. The number of halogens is 4. The molecule has 8 nitrogen and oxygen atoms in total. The Hall–Kier alpha value is -7.76. The zero-order valence-electron chi connectivity index (χ0n) is 38.7. The summed E-state index contributed by atoms with van der Waals surface area (Å²) in [6, 6.07) is 38.6. The van der Waals surface area contributed by atoms with E-state index in [-0.39, 0.29) is 23.3 Å². The number of anilines is 12. The van der Waals surface area contributed by atoms with Gasteiger partial charge in [0, 0.05) is 55.1 Å². The first-order valence-electron chi connectivity index (χ1n) is 22.6. The van der Waals surface area contributed by atoms with Crippen LogP contribution in [0, 0.1) is 51.0 Å². The third kappa shape index (κ3) is 7.69. The first kappa shape index (κ1) is 45.4. The van der Waals surface area contributed by atoms with E-state index in [4.69, 9.17) is 19.9 Å². The number of hydrogen-bond donors (Lipinski definition) is 0. The van der Waals surface area contributed by atoms with Crippen LogP contribution in [-0.2, 0) is 0 Å². The fourth-order valence-corrected chi connectivity index (χ4v) is 12.9. The summed E-state index contributed by atoms with van der Waals surface area (Å²) in [5, 5.41) is 8.60. The molecular formula is C56H38F4N8S4. The molecule has 0 aliphatic carbocycles. The van der Waals surface area contributed by atoms with Crippen LogP contribution in [0.1, 0.15) is 22.8 Å². The Bertz CT molecular complexity index is 3440. The van der Waals surface area contributed by atoms with Crippen LogP contribution < -0.4 is 19.6 Å². The highest BCUT2D eigenvalue weighted by Crippen LogP contribution is 2.56. The second-order valence-corrected chi connectivity index (χ2v) is 20.5. The predicted molar refractivity (Wildman–Crippen MR) is 290 cm³/mol. The monoisotopic (exact) mass is 1030 g/mol.